The molecule has 0 spiro atoms. The monoisotopic (exact) mass is 256 g/mol. The van der Waals surface area contributed by atoms with Gasteiger partial charge in [-0.05, 0) is 16.3 Å². The molecule has 0 saturated carbocycles. The van der Waals surface area contributed by atoms with Crippen LogP contribution in [-0.4, -0.2) is 9.55 Å². The van der Waals surface area contributed by atoms with Crippen molar-refractivity contribution in [1.29, 1.82) is 0 Å². The van der Waals surface area contributed by atoms with Crippen molar-refractivity contribution in [1.82, 2.24) is 9.55 Å². The van der Waals surface area contributed by atoms with Crippen LogP contribution in [0.2, 0.25) is 0 Å². The van der Waals surface area contributed by atoms with Crippen molar-refractivity contribution in [2.24, 2.45) is 0 Å². The third-order valence-electron chi connectivity index (χ3n) is 3.06. The van der Waals surface area contributed by atoms with E-state index in [0.29, 0.717) is 5.88 Å². The Morgan fingerprint density at radius 1 is 1.06 bits per heavy atom. The van der Waals surface area contributed by atoms with Crippen LogP contribution in [0.5, 0.6) is 0 Å². The van der Waals surface area contributed by atoms with E-state index in [9.17, 15) is 0 Å². The van der Waals surface area contributed by atoms with Gasteiger partial charge < -0.3 is 4.57 Å². The van der Waals surface area contributed by atoms with Crippen LogP contribution in [0, 0.1) is 0 Å². The zero-order chi connectivity index (χ0) is 12.4. The maximum atomic E-state index is 5.76. The molecule has 0 aliphatic rings. The van der Waals surface area contributed by atoms with Crippen molar-refractivity contribution in [2.45, 2.75) is 12.4 Å². The first kappa shape index (κ1) is 11.3. The van der Waals surface area contributed by atoms with Crippen molar-refractivity contribution < 1.29 is 0 Å². The van der Waals surface area contributed by atoms with Gasteiger partial charge >= 0.3 is 0 Å². The predicted molar refractivity (Wildman–Crippen MR) is 74.8 cm³/mol. The Kier molecular flexibility index (Phi) is 3.03. The molecule has 1 aromatic heterocycles. The fourth-order valence-electron chi connectivity index (χ4n) is 2.19. The van der Waals surface area contributed by atoms with Gasteiger partial charge in [-0.25, -0.2) is 4.98 Å². The van der Waals surface area contributed by atoms with Gasteiger partial charge in [0, 0.05) is 12.7 Å². The zero-order valence-corrected chi connectivity index (χ0v) is 10.6. The van der Waals surface area contributed by atoms with E-state index in [-0.39, 0.29) is 0 Å². The van der Waals surface area contributed by atoms with E-state index in [0.717, 1.165) is 12.2 Å². The van der Waals surface area contributed by atoms with E-state index in [4.69, 9.17) is 11.6 Å². The van der Waals surface area contributed by atoms with Crippen molar-refractivity contribution in [2.75, 3.05) is 0 Å². The van der Waals surface area contributed by atoms with Crippen LogP contribution in [0.1, 0.15) is 11.3 Å². The molecule has 0 unspecified atom stereocenters. The van der Waals surface area contributed by atoms with Crippen molar-refractivity contribution >= 4 is 22.4 Å². The number of hydrogen-bond donors (Lipinski definition) is 0. The Balaban J connectivity index is 1.99. The molecular formula is C15H13ClN2. The number of nitrogens with zero attached hydrogens (tertiary/aromatic N) is 2. The molecule has 0 N–H and O–H groups in total. The Hall–Kier alpha value is -1.80. The largest absolute Gasteiger partial charge is 0.333 e. The van der Waals surface area contributed by atoms with Gasteiger partial charge in [0.2, 0.25) is 0 Å². The van der Waals surface area contributed by atoms with Crippen LogP contribution < -0.4 is 0 Å². The molecule has 1 heterocycles. The fourth-order valence-corrected chi connectivity index (χ4v) is 2.33. The maximum absolute atomic E-state index is 5.76. The first-order chi connectivity index (χ1) is 8.86. The molecule has 0 aliphatic heterocycles. The molecule has 0 bridgehead atoms. The lowest BCUT2D eigenvalue weighted by atomic mass is 10.0. The number of benzene rings is 2. The maximum Gasteiger partial charge on any atom is 0.0953 e. The fraction of sp³-hybridized carbons (Fsp3) is 0.133. The molecule has 0 fully saturated rings. The van der Waals surface area contributed by atoms with Gasteiger partial charge in [0.05, 0.1) is 17.9 Å². The van der Waals surface area contributed by atoms with E-state index in [1.807, 2.05) is 12.5 Å². The van der Waals surface area contributed by atoms with E-state index < -0.39 is 0 Å². The minimum Gasteiger partial charge on any atom is -0.333 e. The quantitative estimate of drug-likeness (QED) is 0.652. The number of halogens is 1. The average Bonchev–Trinajstić information content (AvgIpc) is 2.87. The molecular weight excluding hydrogens is 244 g/mol. The summed E-state index contributed by atoms with van der Waals surface area (Å²) in [5, 5.41) is 2.56. The van der Waals surface area contributed by atoms with E-state index in [2.05, 4.69) is 52.0 Å². The highest BCUT2D eigenvalue weighted by atomic mass is 35.5. The van der Waals surface area contributed by atoms with Crippen LogP contribution in [0.4, 0.5) is 0 Å². The number of aromatic nitrogens is 2. The lowest BCUT2D eigenvalue weighted by Gasteiger charge is -2.07. The summed E-state index contributed by atoms with van der Waals surface area (Å²) in [6.07, 6.45) is 3.83. The number of imidazole rings is 1. The normalized spacial score (nSPS) is 10.9. The lowest BCUT2D eigenvalue weighted by Crippen LogP contribution is -1.97. The molecule has 2 aromatic carbocycles. The van der Waals surface area contributed by atoms with Gasteiger partial charge in [-0.15, -0.1) is 11.6 Å². The summed E-state index contributed by atoms with van der Waals surface area (Å²) in [6.45, 7) is 0.825. The predicted octanol–water partition coefficient (Wildman–Crippen LogP) is 3.82. The van der Waals surface area contributed by atoms with E-state index in [1.54, 1.807) is 0 Å². The van der Waals surface area contributed by atoms with Crippen LogP contribution >= 0.6 is 11.6 Å². The summed E-state index contributed by atoms with van der Waals surface area (Å²) in [5.74, 6) is 0.461. The first-order valence-electron chi connectivity index (χ1n) is 5.90. The van der Waals surface area contributed by atoms with Crippen molar-refractivity contribution in [3.8, 4) is 0 Å². The third kappa shape index (κ3) is 2.12. The molecule has 0 radical (unpaired) electrons. The van der Waals surface area contributed by atoms with Gasteiger partial charge in [0.25, 0.3) is 0 Å². The van der Waals surface area contributed by atoms with Gasteiger partial charge in [-0.3, -0.25) is 0 Å². The highest BCUT2D eigenvalue weighted by Gasteiger charge is 2.02. The molecule has 3 aromatic rings. The minimum absolute atomic E-state index is 0.461. The van der Waals surface area contributed by atoms with E-state index in [1.165, 1.54) is 16.3 Å². The lowest BCUT2D eigenvalue weighted by molar-refractivity contribution is 0.802. The smallest absolute Gasteiger partial charge is 0.0953 e. The molecule has 3 heteroatoms. The number of fused-ring (bicyclic) bond motifs is 1. The minimum atomic E-state index is 0.461. The number of rotatable bonds is 3. The van der Waals surface area contributed by atoms with Crippen molar-refractivity contribution in [3.63, 3.8) is 0 Å². The SMILES string of the molecule is ClCc1cn(Cc2cccc3ccccc23)cn1. The molecule has 0 saturated heterocycles. The first-order valence-corrected chi connectivity index (χ1v) is 6.43. The number of hydrogen-bond acceptors (Lipinski definition) is 1. The molecule has 3 rings (SSSR count). The second-order valence-corrected chi connectivity index (χ2v) is 4.58. The summed E-state index contributed by atoms with van der Waals surface area (Å²) in [6, 6.07) is 14.8. The molecule has 18 heavy (non-hydrogen) atoms. The highest BCUT2D eigenvalue weighted by Crippen LogP contribution is 2.19. The van der Waals surface area contributed by atoms with Crippen molar-refractivity contribution in [3.05, 3.63) is 66.2 Å². The van der Waals surface area contributed by atoms with Crippen LogP contribution in [0.25, 0.3) is 10.8 Å². The third-order valence-corrected chi connectivity index (χ3v) is 3.33. The highest BCUT2D eigenvalue weighted by molar-refractivity contribution is 6.16. The second kappa shape index (κ2) is 4.83. The summed E-state index contributed by atoms with van der Waals surface area (Å²) in [4.78, 5) is 4.24. The molecule has 0 atom stereocenters. The Labute approximate surface area is 111 Å². The van der Waals surface area contributed by atoms with Gasteiger partial charge in [0.1, 0.15) is 0 Å². The Morgan fingerprint density at radius 3 is 2.72 bits per heavy atom. The summed E-state index contributed by atoms with van der Waals surface area (Å²) in [7, 11) is 0. The average molecular weight is 257 g/mol. The van der Waals surface area contributed by atoms with Gasteiger partial charge in [0.15, 0.2) is 0 Å². The summed E-state index contributed by atoms with van der Waals surface area (Å²) in [5.41, 5.74) is 2.21. The molecule has 2 nitrogen and oxygen atoms in total. The zero-order valence-electron chi connectivity index (χ0n) is 9.88. The standard InChI is InChI=1S/C15H13ClN2/c16-8-14-10-18(11-17-14)9-13-6-3-5-12-4-1-2-7-15(12)13/h1-7,10-11H,8-9H2. The Morgan fingerprint density at radius 2 is 1.89 bits per heavy atom. The summed E-state index contributed by atoms with van der Waals surface area (Å²) < 4.78 is 2.07. The van der Waals surface area contributed by atoms with Crippen LogP contribution in [0.3, 0.4) is 0 Å². The van der Waals surface area contributed by atoms with Crippen LogP contribution in [0.15, 0.2) is 55.0 Å². The van der Waals surface area contributed by atoms with Gasteiger partial charge in [-0.1, -0.05) is 42.5 Å². The molecule has 90 valence electrons. The molecule has 0 aliphatic carbocycles. The topological polar surface area (TPSA) is 17.8 Å². The van der Waals surface area contributed by atoms with Gasteiger partial charge in [-0.2, -0.15) is 0 Å². The van der Waals surface area contributed by atoms with Crippen LogP contribution in [-0.2, 0) is 12.4 Å². The Bertz CT molecular complexity index is 668. The second-order valence-electron chi connectivity index (χ2n) is 4.31. The van der Waals surface area contributed by atoms with E-state index >= 15 is 0 Å². The number of alkyl halides is 1. The summed E-state index contributed by atoms with van der Waals surface area (Å²) >= 11 is 5.76. The molecule has 0 amide bonds.